The zero-order valence-electron chi connectivity index (χ0n) is 23.6. The van der Waals surface area contributed by atoms with E-state index in [9.17, 15) is 18.4 Å². The van der Waals surface area contributed by atoms with Crippen molar-refractivity contribution in [3.05, 3.63) is 111 Å². The van der Waals surface area contributed by atoms with E-state index in [1.54, 1.807) is 49.6 Å². The number of methoxy groups -OCH3 is 1. The third-order valence-corrected chi connectivity index (χ3v) is 8.63. The first-order valence-electron chi connectivity index (χ1n) is 13.9. The molecule has 5 rings (SSSR count). The van der Waals surface area contributed by atoms with Crippen molar-refractivity contribution in [2.45, 2.75) is 41.6 Å². The first-order chi connectivity index (χ1) is 20.7. The third-order valence-electron chi connectivity index (χ3n) is 7.46. The Hall–Kier alpha value is -3.73. The van der Waals surface area contributed by atoms with E-state index in [0.29, 0.717) is 58.5 Å². The second kappa shape index (κ2) is 13.7. The van der Waals surface area contributed by atoms with Crippen LogP contribution in [0.1, 0.15) is 30.4 Å². The number of aryl methyl sites for hydroxylation is 1. The SMILES string of the molecule is COc1ccc(-n2nc(Sc3ccc(Cl)cc3)cc(CC[C@@H](C)NC(=O)[C@H]3CNC[C@@H]3c3ccc(F)cc3F)c2=O)cc1. The molecule has 2 heterocycles. The van der Waals surface area contributed by atoms with Gasteiger partial charge in [-0.15, -0.1) is 0 Å². The summed E-state index contributed by atoms with van der Waals surface area (Å²) in [7, 11) is 1.57. The molecule has 1 aromatic heterocycles. The molecule has 43 heavy (non-hydrogen) atoms. The second-order valence-electron chi connectivity index (χ2n) is 10.5. The maximum atomic E-state index is 14.5. The Bertz CT molecular complexity index is 1650. The highest BCUT2D eigenvalue weighted by atomic mass is 35.5. The van der Waals surface area contributed by atoms with Crippen molar-refractivity contribution in [2.75, 3.05) is 20.2 Å². The third kappa shape index (κ3) is 7.44. The minimum atomic E-state index is -0.655. The first-order valence-corrected chi connectivity index (χ1v) is 15.1. The highest BCUT2D eigenvalue weighted by Gasteiger charge is 2.36. The molecule has 1 fully saturated rings. The van der Waals surface area contributed by atoms with Crippen molar-refractivity contribution < 1.29 is 18.3 Å². The van der Waals surface area contributed by atoms with Gasteiger partial charge >= 0.3 is 0 Å². The molecule has 0 unspecified atom stereocenters. The lowest BCUT2D eigenvalue weighted by atomic mass is 9.87. The fourth-order valence-electron chi connectivity index (χ4n) is 5.15. The summed E-state index contributed by atoms with van der Waals surface area (Å²) in [6.45, 7) is 2.69. The van der Waals surface area contributed by atoms with Gasteiger partial charge in [-0.05, 0) is 86.0 Å². The summed E-state index contributed by atoms with van der Waals surface area (Å²) in [5, 5.41) is 12.1. The number of rotatable bonds is 10. The Kier molecular flexibility index (Phi) is 9.79. The second-order valence-corrected chi connectivity index (χ2v) is 12.0. The zero-order valence-corrected chi connectivity index (χ0v) is 25.2. The summed E-state index contributed by atoms with van der Waals surface area (Å²) in [6, 6.07) is 19.4. The Balaban J connectivity index is 1.32. The van der Waals surface area contributed by atoms with E-state index in [0.717, 1.165) is 11.0 Å². The number of amides is 1. The Morgan fingerprint density at radius 2 is 1.86 bits per heavy atom. The Morgan fingerprint density at radius 1 is 1.12 bits per heavy atom. The van der Waals surface area contributed by atoms with Crippen molar-refractivity contribution in [3.8, 4) is 11.4 Å². The predicted octanol–water partition coefficient (Wildman–Crippen LogP) is 5.76. The molecule has 0 saturated carbocycles. The van der Waals surface area contributed by atoms with Crippen LogP contribution in [0, 0.1) is 17.6 Å². The number of aromatic nitrogens is 2. The molecule has 0 spiro atoms. The quantitative estimate of drug-likeness (QED) is 0.233. The van der Waals surface area contributed by atoms with Gasteiger partial charge in [0.25, 0.3) is 5.56 Å². The minimum absolute atomic E-state index is 0.212. The van der Waals surface area contributed by atoms with Gasteiger partial charge in [0.1, 0.15) is 22.4 Å². The Morgan fingerprint density at radius 3 is 2.56 bits per heavy atom. The summed E-state index contributed by atoms with van der Waals surface area (Å²) in [6.07, 6.45) is 0.889. The highest BCUT2D eigenvalue weighted by Crippen LogP contribution is 2.31. The van der Waals surface area contributed by atoms with Crippen LogP contribution in [0.25, 0.3) is 5.69 Å². The van der Waals surface area contributed by atoms with Gasteiger partial charge in [0.2, 0.25) is 5.91 Å². The van der Waals surface area contributed by atoms with E-state index >= 15 is 0 Å². The number of carbonyl (C=O) groups is 1. The average molecular weight is 625 g/mol. The molecule has 1 amide bonds. The molecule has 0 aliphatic carbocycles. The van der Waals surface area contributed by atoms with E-state index in [1.807, 2.05) is 19.1 Å². The summed E-state index contributed by atoms with van der Waals surface area (Å²) in [4.78, 5) is 27.7. The van der Waals surface area contributed by atoms with Crippen LogP contribution in [0.3, 0.4) is 0 Å². The number of benzene rings is 3. The number of hydrogen-bond donors (Lipinski definition) is 2. The molecule has 4 aromatic rings. The van der Waals surface area contributed by atoms with Crippen LogP contribution in [0.4, 0.5) is 8.78 Å². The van der Waals surface area contributed by atoms with Crippen LogP contribution >= 0.6 is 23.4 Å². The van der Waals surface area contributed by atoms with Gasteiger partial charge in [-0.1, -0.05) is 29.4 Å². The van der Waals surface area contributed by atoms with E-state index in [-0.39, 0.29) is 17.5 Å². The van der Waals surface area contributed by atoms with Gasteiger partial charge in [0, 0.05) is 46.6 Å². The molecule has 1 aliphatic heterocycles. The number of nitrogens with one attached hydrogen (secondary N) is 2. The lowest BCUT2D eigenvalue weighted by Crippen LogP contribution is -2.40. The molecular formula is C32H31ClF2N4O3S. The van der Waals surface area contributed by atoms with Crippen molar-refractivity contribution in [2.24, 2.45) is 5.92 Å². The van der Waals surface area contributed by atoms with Crippen LogP contribution in [-0.2, 0) is 11.2 Å². The largest absolute Gasteiger partial charge is 0.497 e. The van der Waals surface area contributed by atoms with Gasteiger partial charge in [-0.25, -0.2) is 8.78 Å². The lowest BCUT2D eigenvalue weighted by Gasteiger charge is -2.22. The van der Waals surface area contributed by atoms with Crippen LogP contribution < -0.4 is 20.9 Å². The van der Waals surface area contributed by atoms with Crippen molar-refractivity contribution in [3.63, 3.8) is 0 Å². The first kappa shape index (κ1) is 30.7. The summed E-state index contributed by atoms with van der Waals surface area (Å²) in [5.41, 5.74) is 1.22. The van der Waals surface area contributed by atoms with E-state index < -0.39 is 23.5 Å². The van der Waals surface area contributed by atoms with Crippen molar-refractivity contribution >= 4 is 29.3 Å². The fourth-order valence-corrected chi connectivity index (χ4v) is 6.11. The molecule has 2 N–H and O–H groups in total. The molecule has 0 radical (unpaired) electrons. The molecule has 1 aliphatic rings. The van der Waals surface area contributed by atoms with Crippen LogP contribution in [0.5, 0.6) is 5.75 Å². The number of nitrogens with zero attached hydrogens (tertiary/aromatic N) is 2. The van der Waals surface area contributed by atoms with Crippen LogP contribution in [0.2, 0.25) is 5.02 Å². The standard InChI is InChI=1S/C32H31ClF2N4O3S/c1-19(37-31(40)28-18-36-17-27(28)26-14-7-22(34)16-29(26)35)3-4-20-15-30(43-25-12-5-21(33)6-13-25)38-39(32(20)41)23-8-10-24(42-2)11-9-23/h5-16,19,27-28,36H,3-4,17-18H2,1-2H3,(H,37,40)/t19-,27-,28+/m1/s1. The fraction of sp³-hybridized carbons (Fsp3) is 0.281. The maximum Gasteiger partial charge on any atom is 0.274 e. The molecule has 7 nitrogen and oxygen atoms in total. The molecule has 0 bridgehead atoms. The molecule has 11 heteroatoms. The predicted molar refractivity (Wildman–Crippen MR) is 163 cm³/mol. The number of ether oxygens (including phenoxy) is 1. The molecule has 3 atom stereocenters. The van der Waals surface area contributed by atoms with Gasteiger partial charge in [-0.2, -0.15) is 9.78 Å². The topological polar surface area (TPSA) is 85.2 Å². The summed E-state index contributed by atoms with van der Waals surface area (Å²) < 4.78 is 34.6. The number of halogens is 3. The van der Waals surface area contributed by atoms with E-state index in [4.69, 9.17) is 16.3 Å². The highest BCUT2D eigenvalue weighted by molar-refractivity contribution is 7.99. The zero-order chi connectivity index (χ0) is 30.5. The van der Waals surface area contributed by atoms with Gasteiger partial charge in [-0.3, -0.25) is 9.59 Å². The van der Waals surface area contributed by atoms with Crippen molar-refractivity contribution in [1.82, 2.24) is 20.4 Å². The van der Waals surface area contributed by atoms with E-state index in [1.165, 1.54) is 28.6 Å². The Labute approximate surface area is 257 Å². The molecule has 3 aromatic carbocycles. The lowest BCUT2D eigenvalue weighted by molar-refractivity contribution is -0.125. The smallest absolute Gasteiger partial charge is 0.274 e. The van der Waals surface area contributed by atoms with Crippen LogP contribution in [0.15, 0.2) is 87.5 Å². The van der Waals surface area contributed by atoms with Crippen LogP contribution in [-0.4, -0.2) is 41.9 Å². The van der Waals surface area contributed by atoms with Gasteiger partial charge < -0.3 is 15.4 Å². The number of hydrogen-bond acceptors (Lipinski definition) is 6. The minimum Gasteiger partial charge on any atom is -0.497 e. The number of carbonyl (C=O) groups excluding carboxylic acids is 1. The molecule has 1 saturated heterocycles. The molecule has 224 valence electrons. The van der Waals surface area contributed by atoms with E-state index in [2.05, 4.69) is 15.7 Å². The average Bonchev–Trinajstić information content (AvgIpc) is 3.48. The normalized spacial score (nSPS) is 17.0. The monoisotopic (exact) mass is 624 g/mol. The van der Waals surface area contributed by atoms with Gasteiger partial charge in [0.15, 0.2) is 0 Å². The summed E-state index contributed by atoms with van der Waals surface area (Å²) in [5.74, 6) is -1.77. The van der Waals surface area contributed by atoms with Crippen molar-refractivity contribution in [1.29, 1.82) is 0 Å². The maximum absolute atomic E-state index is 14.5. The molecular weight excluding hydrogens is 594 g/mol. The van der Waals surface area contributed by atoms with Gasteiger partial charge in [0.05, 0.1) is 18.7 Å². The summed E-state index contributed by atoms with van der Waals surface area (Å²) >= 11 is 7.46.